The van der Waals surface area contributed by atoms with E-state index in [4.69, 9.17) is 6.42 Å². The molecule has 0 bridgehead atoms. The number of nitrogens with one attached hydrogen (secondary N) is 2. The molecule has 6 heteroatoms. The maximum Gasteiger partial charge on any atom is 0.314 e. The van der Waals surface area contributed by atoms with E-state index in [2.05, 4.69) is 16.6 Å². The Hall–Kier alpha value is -2.91. The van der Waals surface area contributed by atoms with E-state index in [0.717, 1.165) is 0 Å². The van der Waals surface area contributed by atoms with E-state index in [9.17, 15) is 13.8 Å². The van der Waals surface area contributed by atoms with Gasteiger partial charge in [0.15, 0.2) is 0 Å². The average molecular weight is 340 g/mol. The highest BCUT2D eigenvalue weighted by atomic mass is 32.2. The zero-order chi connectivity index (χ0) is 17.5. The predicted octanol–water partition coefficient (Wildman–Crippen LogP) is 2.12. The Balaban J connectivity index is 2.08. The lowest BCUT2D eigenvalue weighted by molar-refractivity contribution is -0.133. The van der Waals surface area contributed by atoms with Crippen molar-refractivity contribution in [2.75, 3.05) is 16.9 Å². The van der Waals surface area contributed by atoms with E-state index >= 15 is 0 Å². The lowest BCUT2D eigenvalue weighted by atomic mass is 10.2. The molecule has 0 aliphatic heterocycles. The maximum atomic E-state index is 12.1. The summed E-state index contributed by atoms with van der Waals surface area (Å²) < 4.78 is 11.4. The van der Waals surface area contributed by atoms with Crippen molar-refractivity contribution in [1.82, 2.24) is 0 Å². The normalized spacial score (nSPS) is 11.2. The fourth-order valence-electron chi connectivity index (χ4n) is 2.04. The van der Waals surface area contributed by atoms with Crippen molar-refractivity contribution in [3.8, 4) is 12.3 Å². The first-order valence-corrected chi connectivity index (χ1v) is 8.79. The van der Waals surface area contributed by atoms with Gasteiger partial charge in [0.25, 0.3) is 0 Å². The lowest BCUT2D eigenvalue weighted by Crippen LogP contribution is -2.29. The Labute approximate surface area is 142 Å². The molecule has 0 spiro atoms. The van der Waals surface area contributed by atoms with Gasteiger partial charge in [0.1, 0.15) is 0 Å². The van der Waals surface area contributed by atoms with E-state index in [1.54, 1.807) is 54.8 Å². The van der Waals surface area contributed by atoms with Gasteiger partial charge in [-0.25, -0.2) is 0 Å². The molecule has 2 aromatic carbocycles. The Kier molecular flexibility index (Phi) is 5.88. The summed E-state index contributed by atoms with van der Waals surface area (Å²) in [7, 11) is -1.06. The molecule has 2 amide bonds. The van der Waals surface area contributed by atoms with Crippen LogP contribution in [0.3, 0.4) is 0 Å². The van der Waals surface area contributed by atoms with Crippen molar-refractivity contribution >= 4 is 34.0 Å². The minimum absolute atomic E-state index is 0.294. The molecule has 0 heterocycles. The number of terminal acetylenes is 1. The number of hydrogen-bond acceptors (Lipinski definition) is 3. The zero-order valence-electron chi connectivity index (χ0n) is 13.0. The van der Waals surface area contributed by atoms with E-state index < -0.39 is 22.6 Å². The number of amides is 2. The SMILES string of the molecule is C#Cc1cccc(NC(=O)C(=O)Nc2ccccc2C[S@](C)=O)c1. The van der Waals surface area contributed by atoms with E-state index in [1.807, 2.05) is 0 Å². The highest BCUT2D eigenvalue weighted by Gasteiger charge is 2.16. The molecule has 2 rings (SSSR count). The van der Waals surface area contributed by atoms with Crippen LogP contribution < -0.4 is 10.6 Å². The Morgan fingerprint density at radius 1 is 1.08 bits per heavy atom. The van der Waals surface area contributed by atoms with E-state index in [0.29, 0.717) is 28.3 Å². The zero-order valence-corrected chi connectivity index (χ0v) is 13.9. The minimum Gasteiger partial charge on any atom is -0.318 e. The van der Waals surface area contributed by atoms with Crippen LogP contribution in [-0.2, 0) is 26.1 Å². The topological polar surface area (TPSA) is 75.3 Å². The highest BCUT2D eigenvalue weighted by molar-refractivity contribution is 7.83. The third kappa shape index (κ3) is 4.80. The predicted molar refractivity (Wildman–Crippen MR) is 95.8 cm³/mol. The molecule has 1 atom stereocenters. The summed E-state index contributed by atoms with van der Waals surface area (Å²) in [6.45, 7) is 0. The first-order valence-electron chi connectivity index (χ1n) is 7.06. The molecule has 0 saturated heterocycles. The summed E-state index contributed by atoms with van der Waals surface area (Å²) in [6.07, 6.45) is 6.87. The van der Waals surface area contributed by atoms with Gasteiger partial charge < -0.3 is 10.6 Å². The number of hydrogen-bond donors (Lipinski definition) is 2. The van der Waals surface area contributed by atoms with Gasteiger partial charge in [-0.1, -0.05) is 30.2 Å². The van der Waals surface area contributed by atoms with Gasteiger partial charge in [-0.05, 0) is 29.8 Å². The second-order valence-electron chi connectivity index (χ2n) is 5.01. The molecule has 0 saturated carbocycles. The maximum absolute atomic E-state index is 12.1. The first-order chi connectivity index (χ1) is 11.5. The summed E-state index contributed by atoms with van der Waals surface area (Å²) >= 11 is 0. The number of carbonyl (C=O) groups is 2. The van der Waals surface area contributed by atoms with Crippen LogP contribution in [0.2, 0.25) is 0 Å². The van der Waals surface area contributed by atoms with Gasteiger partial charge >= 0.3 is 11.8 Å². The van der Waals surface area contributed by atoms with Crippen molar-refractivity contribution in [2.45, 2.75) is 5.75 Å². The Morgan fingerprint density at radius 2 is 1.79 bits per heavy atom. The number of para-hydroxylation sites is 1. The molecule has 2 aromatic rings. The van der Waals surface area contributed by atoms with Gasteiger partial charge in [-0.2, -0.15) is 0 Å². The van der Waals surface area contributed by atoms with Gasteiger partial charge in [-0.3, -0.25) is 13.8 Å². The van der Waals surface area contributed by atoms with Gasteiger partial charge in [0.2, 0.25) is 0 Å². The van der Waals surface area contributed by atoms with Crippen molar-refractivity contribution in [3.05, 3.63) is 59.7 Å². The summed E-state index contributed by atoms with van der Waals surface area (Å²) in [5.41, 5.74) is 2.21. The van der Waals surface area contributed by atoms with Gasteiger partial charge in [0, 0.05) is 34.0 Å². The Bertz CT molecular complexity index is 840. The van der Waals surface area contributed by atoms with Crippen LogP contribution in [0.4, 0.5) is 11.4 Å². The van der Waals surface area contributed by atoms with Gasteiger partial charge in [-0.15, -0.1) is 6.42 Å². The van der Waals surface area contributed by atoms with Crippen LogP contribution in [0.1, 0.15) is 11.1 Å². The van der Waals surface area contributed by atoms with Crippen LogP contribution in [0.15, 0.2) is 48.5 Å². The molecule has 0 radical (unpaired) electrons. The molecule has 0 fully saturated rings. The molecule has 0 aliphatic rings. The number of benzene rings is 2. The van der Waals surface area contributed by atoms with Crippen molar-refractivity contribution in [2.24, 2.45) is 0 Å². The van der Waals surface area contributed by atoms with Crippen molar-refractivity contribution in [3.63, 3.8) is 0 Å². The van der Waals surface area contributed by atoms with Crippen LogP contribution in [0.25, 0.3) is 0 Å². The van der Waals surface area contributed by atoms with E-state index in [1.165, 1.54) is 0 Å². The molecule has 0 unspecified atom stereocenters. The fraction of sp³-hybridized carbons (Fsp3) is 0.111. The number of carbonyl (C=O) groups excluding carboxylic acids is 2. The molecule has 24 heavy (non-hydrogen) atoms. The van der Waals surface area contributed by atoms with Crippen molar-refractivity contribution < 1.29 is 13.8 Å². The molecular formula is C18H16N2O3S. The Morgan fingerprint density at radius 3 is 2.50 bits per heavy atom. The quantitative estimate of drug-likeness (QED) is 0.661. The lowest BCUT2D eigenvalue weighted by Gasteiger charge is -2.10. The van der Waals surface area contributed by atoms with Crippen LogP contribution in [-0.4, -0.2) is 22.3 Å². The minimum atomic E-state index is -1.06. The highest BCUT2D eigenvalue weighted by Crippen LogP contribution is 2.17. The van der Waals surface area contributed by atoms with Crippen LogP contribution >= 0.6 is 0 Å². The molecule has 5 nitrogen and oxygen atoms in total. The second-order valence-corrected chi connectivity index (χ2v) is 6.44. The van der Waals surface area contributed by atoms with Crippen LogP contribution in [0, 0.1) is 12.3 Å². The largest absolute Gasteiger partial charge is 0.318 e. The average Bonchev–Trinajstić information content (AvgIpc) is 2.56. The molecular weight excluding hydrogens is 324 g/mol. The molecule has 0 aliphatic carbocycles. The standard InChI is InChI=1S/C18H16N2O3S/c1-3-13-7-6-9-15(11-13)19-17(21)18(22)20-16-10-5-4-8-14(16)12-24(2)23/h1,4-11H,12H2,2H3,(H,19,21)(H,20,22)/t24-/m0/s1. The first kappa shape index (κ1) is 17.4. The third-order valence-corrected chi connectivity index (χ3v) is 3.84. The summed E-state index contributed by atoms with van der Waals surface area (Å²) in [6, 6.07) is 13.6. The molecule has 0 aromatic heterocycles. The summed E-state index contributed by atoms with van der Waals surface area (Å²) in [4.78, 5) is 24.1. The third-order valence-electron chi connectivity index (χ3n) is 3.12. The summed E-state index contributed by atoms with van der Waals surface area (Å²) in [5, 5.41) is 5.03. The molecule has 2 N–H and O–H groups in total. The number of anilines is 2. The summed E-state index contributed by atoms with van der Waals surface area (Å²) in [5.74, 6) is 1.13. The van der Waals surface area contributed by atoms with Crippen LogP contribution in [0.5, 0.6) is 0 Å². The van der Waals surface area contributed by atoms with Crippen molar-refractivity contribution in [1.29, 1.82) is 0 Å². The van der Waals surface area contributed by atoms with E-state index in [-0.39, 0.29) is 0 Å². The van der Waals surface area contributed by atoms with Gasteiger partial charge in [0.05, 0.1) is 5.75 Å². The monoisotopic (exact) mass is 340 g/mol. The molecule has 122 valence electrons. The number of rotatable bonds is 4. The second kappa shape index (κ2) is 8.09. The fourth-order valence-corrected chi connectivity index (χ4v) is 2.73. The smallest absolute Gasteiger partial charge is 0.314 e.